The molecule has 7 nitrogen and oxygen atoms in total. The minimum atomic E-state index is -0.963. The summed E-state index contributed by atoms with van der Waals surface area (Å²) in [5, 5.41) is 17.0. The van der Waals surface area contributed by atoms with Crippen LogP contribution in [0.5, 0.6) is 0 Å². The van der Waals surface area contributed by atoms with Crippen LogP contribution in [0.15, 0.2) is 29.4 Å². The van der Waals surface area contributed by atoms with Gasteiger partial charge in [0.1, 0.15) is 5.71 Å². The molecule has 128 valence electrons. The molecule has 2 N–H and O–H groups in total. The van der Waals surface area contributed by atoms with E-state index in [-0.39, 0.29) is 31.0 Å². The molecule has 1 unspecified atom stereocenters. The van der Waals surface area contributed by atoms with Gasteiger partial charge in [-0.25, -0.2) is 5.01 Å². The lowest BCUT2D eigenvalue weighted by Gasteiger charge is -2.20. The molecule has 0 spiro atoms. The van der Waals surface area contributed by atoms with Crippen LogP contribution in [0.1, 0.15) is 24.0 Å². The lowest BCUT2D eigenvalue weighted by Crippen LogP contribution is -2.41. The summed E-state index contributed by atoms with van der Waals surface area (Å²) in [6, 6.07) is 7.63. The van der Waals surface area contributed by atoms with E-state index in [1.54, 1.807) is 0 Å². The zero-order chi connectivity index (χ0) is 17.7. The first-order valence-corrected chi connectivity index (χ1v) is 7.77. The van der Waals surface area contributed by atoms with E-state index in [0.29, 0.717) is 6.42 Å². The predicted octanol–water partition coefficient (Wildman–Crippen LogP) is 0.963. The molecular formula is C17H21N3O4. The largest absolute Gasteiger partial charge is 0.481 e. The second-order valence-corrected chi connectivity index (χ2v) is 5.90. The summed E-state index contributed by atoms with van der Waals surface area (Å²) in [6.45, 7) is 1.96. The maximum absolute atomic E-state index is 12.1. The maximum atomic E-state index is 12.1. The van der Waals surface area contributed by atoms with Crippen molar-refractivity contribution in [1.29, 1.82) is 0 Å². The van der Waals surface area contributed by atoms with Gasteiger partial charge in [-0.1, -0.05) is 29.8 Å². The standard InChI is InChI=1S/C17H21N3O4/c1-11-4-3-5-12(8-11)9-13(17(23)24)10-18-16(22)14-6-7-15(21)20(2)19-14/h3-5,8,13H,6-7,9-10H2,1-2H3,(H,18,22)(H,23,24). The molecule has 24 heavy (non-hydrogen) atoms. The van der Waals surface area contributed by atoms with E-state index in [0.717, 1.165) is 16.1 Å². The second kappa shape index (κ2) is 7.72. The molecule has 1 aromatic carbocycles. The van der Waals surface area contributed by atoms with Crippen LogP contribution in [0.4, 0.5) is 0 Å². The zero-order valence-electron chi connectivity index (χ0n) is 13.8. The van der Waals surface area contributed by atoms with E-state index >= 15 is 0 Å². The van der Waals surface area contributed by atoms with Gasteiger partial charge in [0.2, 0.25) is 5.91 Å². The quantitative estimate of drug-likeness (QED) is 0.811. The highest BCUT2D eigenvalue weighted by Crippen LogP contribution is 2.12. The third-order valence-electron chi connectivity index (χ3n) is 3.89. The van der Waals surface area contributed by atoms with Crippen molar-refractivity contribution in [3.63, 3.8) is 0 Å². The van der Waals surface area contributed by atoms with Crippen LogP contribution >= 0.6 is 0 Å². The minimum Gasteiger partial charge on any atom is -0.481 e. The fraction of sp³-hybridized carbons (Fsp3) is 0.412. The molecule has 0 aliphatic carbocycles. The minimum absolute atomic E-state index is 0.0127. The molecule has 1 atom stereocenters. The number of hydrazone groups is 1. The summed E-state index contributed by atoms with van der Waals surface area (Å²) >= 11 is 0. The van der Waals surface area contributed by atoms with Gasteiger partial charge in [-0.05, 0) is 18.9 Å². The number of carbonyl (C=O) groups excluding carboxylic acids is 2. The normalized spacial score (nSPS) is 15.7. The molecule has 0 saturated carbocycles. The summed E-state index contributed by atoms with van der Waals surface area (Å²) < 4.78 is 0. The Morgan fingerprint density at radius 1 is 1.38 bits per heavy atom. The summed E-state index contributed by atoms with van der Waals surface area (Å²) in [6.07, 6.45) is 0.835. The topological polar surface area (TPSA) is 99.1 Å². The molecule has 2 rings (SSSR count). The number of aliphatic carboxylic acids is 1. The highest BCUT2D eigenvalue weighted by atomic mass is 16.4. The van der Waals surface area contributed by atoms with Crippen molar-refractivity contribution in [2.75, 3.05) is 13.6 Å². The van der Waals surface area contributed by atoms with E-state index < -0.39 is 17.8 Å². The van der Waals surface area contributed by atoms with Gasteiger partial charge in [0.05, 0.1) is 5.92 Å². The number of nitrogens with zero attached hydrogens (tertiary/aromatic N) is 2. The number of amides is 2. The van der Waals surface area contributed by atoms with E-state index in [1.807, 2.05) is 31.2 Å². The number of hydrogen-bond donors (Lipinski definition) is 2. The lowest BCUT2D eigenvalue weighted by molar-refractivity contribution is -0.141. The second-order valence-electron chi connectivity index (χ2n) is 5.90. The molecule has 0 fully saturated rings. The van der Waals surface area contributed by atoms with Gasteiger partial charge in [0.15, 0.2) is 0 Å². The van der Waals surface area contributed by atoms with Gasteiger partial charge >= 0.3 is 5.97 Å². The third-order valence-corrected chi connectivity index (χ3v) is 3.89. The van der Waals surface area contributed by atoms with Crippen molar-refractivity contribution in [3.05, 3.63) is 35.4 Å². The number of aryl methyl sites for hydroxylation is 1. The predicted molar refractivity (Wildman–Crippen MR) is 88.5 cm³/mol. The van der Waals surface area contributed by atoms with Gasteiger partial charge < -0.3 is 10.4 Å². The summed E-state index contributed by atoms with van der Waals surface area (Å²) in [7, 11) is 1.49. The van der Waals surface area contributed by atoms with Crippen molar-refractivity contribution < 1.29 is 19.5 Å². The molecule has 0 saturated heterocycles. The van der Waals surface area contributed by atoms with Crippen molar-refractivity contribution in [2.24, 2.45) is 11.0 Å². The highest BCUT2D eigenvalue weighted by molar-refractivity contribution is 6.39. The number of nitrogens with one attached hydrogen (secondary N) is 1. The van der Waals surface area contributed by atoms with Gasteiger partial charge in [-0.15, -0.1) is 0 Å². The van der Waals surface area contributed by atoms with Crippen molar-refractivity contribution in [1.82, 2.24) is 10.3 Å². The SMILES string of the molecule is Cc1cccc(CC(CNC(=O)C2=NN(C)C(=O)CC2)C(=O)O)c1. The molecule has 1 aliphatic heterocycles. The monoisotopic (exact) mass is 331 g/mol. The average Bonchev–Trinajstić information content (AvgIpc) is 2.53. The van der Waals surface area contributed by atoms with Crippen LogP contribution in [-0.4, -0.2) is 47.2 Å². The van der Waals surface area contributed by atoms with Crippen LogP contribution in [0.2, 0.25) is 0 Å². The molecule has 2 amide bonds. The van der Waals surface area contributed by atoms with Crippen LogP contribution < -0.4 is 5.32 Å². The molecule has 1 aromatic rings. The van der Waals surface area contributed by atoms with Crippen LogP contribution in [-0.2, 0) is 20.8 Å². The van der Waals surface area contributed by atoms with Crippen LogP contribution in [0, 0.1) is 12.8 Å². The maximum Gasteiger partial charge on any atom is 0.308 e. The van der Waals surface area contributed by atoms with Crippen molar-refractivity contribution in [2.45, 2.75) is 26.2 Å². The van der Waals surface area contributed by atoms with Crippen LogP contribution in [0.25, 0.3) is 0 Å². The third kappa shape index (κ3) is 4.65. The van der Waals surface area contributed by atoms with E-state index in [4.69, 9.17) is 0 Å². The first-order chi connectivity index (χ1) is 11.4. The molecule has 7 heteroatoms. The summed E-state index contributed by atoms with van der Waals surface area (Å²) in [5.41, 5.74) is 2.22. The molecular weight excluding hydrogens is 310 g/mol. The summed E-state index contributed by atoms with van der Waals surface area (Å²) in [5.74, 6) is -2.26. The average molecular weight is 331 g/mol. The Morgan fingerprint density at radius 2 is 2.12 bits per heavy atom. The van der Waals surface area contributed by atoms with Gasteiger partial charge in [0.25, 0.3) is 5.91 Å². The Bertz CT molecular complexity index is 684. The number of benzene rings is 1. The van der Waals surface area contributed by atoms with E-state index in [1.165, 1.54) is 7.05 Å². The van der Waals surface area contributed by atoms with E-state index in [9.17, 15) is 19.5 Å². The lowest BCUT2D eigenvalue weighted by atomic mass is 9.98. The number of rotatable bonds is 6. The highest BCUT2D eigenvalue weighted by Gasteiger charge is 2.24. The van der Waals surface area contributed by atoms with Crippen molar-refractivity contribution >= 4 is 23.5 Å². The number of carbonyl (C=O) groups is 3. The molecule has 1 aliphatic rings. The van der Waals surface area contributed by atoms with Gasteiger partial charge in [-0.2, -0.15) is 5.10 Å². The first kappa shape index (κ1) is 17.7. The molecule has 0 radical (unpaired) electrons. The van der Waals surface area contributed by atoms with Crippen LogP contribution in [0.3, 0.4) is 0 Å². The van der Waals surface area contributed by atoms with E-state index in [2.05, 4.69) is 10.4 Å². The van der Waals surface area contributed by atoms with Crippen molar-refractivity contribution in [3.8, 4) is 0 Å². The smallest absolute Gasteiger partial charge is 0.308 e. The van der Waals surface area contributed by atoms with Gasteiger partial charge in [0, 0.05) is 26.4 Å². The Labute approximate surface area is 140 Å². The molecule has 1 heterocycles. The Kier molecular flexibility index (Phi) is 5.68. The fourth-order valence-electron chi connectivity index (χ4n) is 2.52. The number of carboxylic acids is 1. The summed E-state index contributed by atoms with van der Waals surface area (Å²) in [4.78, 5) is 34.9. The zero-order valence-corrected chi connectivity index (χ0v) is 13.8. The Balaban J connectivity index is 1.96. The Morgan fingerprint density at radius 3 is 2.75 bits per heavy atom. The molecule has 0 bridgehead atoms. The Hall–Kier alpha value is -2.70. The number of carboxylic acid groups (broad SMARTS) is 1. The first-order valence-electron chi connectivity index (χ1n) is 7.77. The van der Waals surface area contributed by atoms with Gasteiger partial charge in [-0.3, -0.25) is 14.4 Å². The fourth-order valence-corrected chi connectivity index (χ4v) is 2.52. The molecule has 0 aromatic heterocycles. The number of hydrogen-bond acceptors (Lipinski definition) is 4.